The summed E-state index contributed by atoms with van der Waals surface area (Å²) in [6.07, 6.45) is 0.741. The van der Waals surface area contributed by atoms with E-state index in [2.05, 4.69) is 10.2 Å². The maximum Gasteiger partial charge on any atom is 0.249 e. The van der Waals surface area contributed by atoms with Crippen molar-refractivity contribution >= 4 is 17.3 Å². The lowest BCUT2D eigenvalue weighted by Crippen LogP contribution is -2.49. The topological polar surface area (TPSA) is 54.0 Å². The maximum absolute atomic E-state index is 12.7. The van der Waals surface area contributed by atoms with Crippen molar-refractivity contribution in [2.75, 3.05) is 51.6 Å². The third-order valence-electron chi connectivity index (χ3n) is 3.87. The number of carbonyl (C=O) groups is 1. The minimum atomic E-state index is -0.201. The number of hydrogen-bond donors (Lipinski definition) is 1. The number of methoxy groups -OCH3 is 2. The van der Waals surface area contributed by atoms with Gasteiger partial charge in [-0.05, 0) is 20.5 Å². The van der Waals surface area contributed by atoms with Crippen LogP contribution in [0.1, 0.15) is 13.3 Å². The molecule has 0 saturated heterocycles. The maximum atomic E-state index is 12.7. The van der Waals surface area contributed by atoms with E-state index < -0.39 is 0 Å². The number of nitrogens with zero attached hydrogens (tertiary/aromatic N) is 2. The highest BCUT2D eigenvalue weighted by Crippen LogP contribution is 2.41. The molecular weight excluding hydrogens is 282 g/mol. The Balaban J connectivity index is 2.43. The molecule has 2 rings (SSSR count). The second-order valence-corrected chi connectivity index (χ2v) is 5.62. The summed E-state index contributed by atoms with van der Waals surface area (Å²) in [6.45, 7) is 3.45. The summed E-state index contributed by atoms with van der Waals surface area (Å²) in [6, 6.07) is 3.56. The molecule has 1 heterocycles. The molecule has 0 saturated carbocycles. The highest BCUT2D eigenvalue weighted by atomic mass is 16.5. The van der Waals surface area contributed by atoms with E-state index in [1.807, 2.05) is 38.1 Å². The summed E-state index contributed by atoms with van der Waals surface area (Å²) in [5.41, 5.74) is 1.75. The van der Waals surface area contributed by atoms with Crippen LogP contribution in [0.3, 0.4) is 0 Å². The normalized spacial score (nSPS) is 17.3. The first-order chi connectivity index (χ1) is 10.5. The Morgan fingerprint density at radius 2 is 1.86 bits per heavy atom. The van der Waals surface area contributed by atoms with E-state index in [0.717, 1.165) is 24.3 Å². The smallest absolute Gasteiger partial charge is 0.249 e. The van der Waals surface area contributed by atoms with Crippen LogP contribution in [0.15, 0.2) is 12.1 Å². The lowest BCUT2D eigenvalue weighted by Gasteiger charge is -2.36. The van der Waals surface area contributed by atoms with Crippen molar-refractivity contribution in [3.8, 4) is 11.5 Å². The van der Waals surface area contributed by atoms with Gasteiger partial charge in [-0.25, -0.2) is 0 Å². The van der Waals surface area contributed by atoms with Crippen molar-refractivity contribution in [3.05, 3.63) is 12.1 Å². The molecule has 122 valence electrons. The van der Waals surface area contributed by atoms with Gasteiger partial charge in [0, 0.05) is 25.2 Å². The standard InChI is InChI=1S/C16H25N3O3/c1-6-11-16(20)19(8-7-18(2)3)13-10-15(22-5)14(21-4)9-12(13)17-11/h9-11,17H,6-8H2,1-5H3. The first-order valence-electron chi connectivity index (χ1n) is 7.50. The van der Waals surface area contributed by atoms with Gasteiger partial charge < -0.3 is 24.6 Å². The Morgan fingerprint density at radius 1 is 1.23 bits per heavy atom. The van der Waals surface area contributed by atoms with Gasteiger partial charge in [-0.1, -0.05) is 6.92 Å². The van der Waals surface area contributed by atoms with Crippen LogP contribution in [0.4, 0.5) is 11.4 Å². The fourth-order valence-electron chi connectivity index (χ4n) is 2.57. The molecule has 1 atom stereocenters. The minimum Gasteiger partial charge on any atom is -0.493 e. The Hall–Kier alpha value is -1.95. The Kier molecular flexibility index (Phi) is 5.13. The number of hydrogen-bond acceptors (Lipinski definition) is 5. The van der Waals surface area contributed by atoms with Gasteiger partial charge in [-0.2, -0.15) is 0 Å². The molecule has 0 aromatic heterocycles. The third-order valence-corrected chi connectivity index (χ3v) is 3.87. The van der Waals surface area contributed by atoms with Gasteiger partial charge in [0.05, 0.1) is 25.6 Å². The molecule has 0 fully saturated rings. The highest BCUT2D eigenvalue weighted by molar-refractivity contribution is 6.05. The lowest BCUT2D eigenvalue weighted by molar-refractivity contribution is -0.119. The average Bonchev–Trinajstić information content (AvgIpc) is 2.51. The SMILES string of the molecule is CCC1Nc2cc(OC)c(OC)cc2N(CCN(C)C)C1=O. The number of fused-ring (bicyclic) bond motifs is 1. The second-order valence-electron chi connectivity index (χ2n) is 5.62. The molecule has 0 spiro atoms. The van der Waals surface area contributed by atoms with E-state index >= 15 is 0 Å². The van der Waals surface area contributed by atoms with Crippen LogP contribution in [0, 0.1) is 0 Å². The van der Waals surface area contributed by atoms with Gasteiger partial charge in [0.15, 0.2) is 11.5 Å². The zero-order valence-electron chi connectivity index (χ0n) is 14.0. The predicted octanol–water partition coefficient (Wildman–Crippen LogP) is 1.80. The van der Waals surface area contributed by atoms with E-state index in [4.69, 9.17) is 9.47 Å². The summed E-state index contributed by atoms with van der Waals surface area (Å²) in [5, 5.41) is 3.30. The molecule has 1 amide bonds. The summed E-state index contributed by atoms with van der Waals surface area (Å²) >= 11 is 0. The number of benzene rings is 1. The van der Waals surface area contributed by atoms with Crippen LogP contribution in [0.2, 0.25) is 0 Å². The number of likely N-dealkylation sites (N-methyl/N-ethyl adjacent to an activating group) is 1. The van der Waals surface area contributed by atoms with Crippen molar-refractivity contribution in [2.45, 2.75) is 19.4 Å². The Bertz CT molecular complexity index is 546. The van der Waals surface area contributed by atoms with E-state index in [1.54, 1.807) is 14.2 Å². The van der Waals surface area contributed by atoms with E-state index in [0.29, 0.717) is 18.0 Å². The molecule has 6 nitrogen and oxygen atoms in total. The number of anilines is 2. The predicted molar refractivity (Wildman–Crippen MR) is 88.2 cm³/mol. The van der Waals surface area contributed by atoms with Gasteiger partial charge in [0.1, 0.15) is 6.04 Å². The van der Waals surface area contributed by atoms with Crippen molar-refractivity contribution in [1.29, 1.82) is 0 Å². The van der Waals surface area contributed by atoms with Gasteiger partial charge in [0.2, 0.25) is 5.91 Å². The van der Waals surface area contributed by atoms with Crippen molar-refractivity contribution in [1.82, 2.24) is 4.90 Å². The largest absolute Gasteiger partial charge is 0.493 e. The summed E-state index contributed by atoms with van der Waals surface area (Å²) < 4.78 is 10.7. The van der Waals surface area contributed by atoms with E-state index in [1.165, 1.54) is 0 Å². The molecule has 6 heteroatoms. The van der Waals surface area contributed by atoms with Gasteiger partial charge >= 0.3 is 0 Å². The quantitative estimate of drug-likeness (QED) is 0.868. The molecular formula is C16H25N3O3. The molecule has 0 aliphatic carbocycles. The zero-order valence-corrected chi connectivity index (χ0v) is 14.0. The molecule has 1 aromatic carbocycles. The molecule has 0 bridgehead atoms. The van der Waals surface area contributed by atoms with E-state index in [-0.39, 0.29) is 11.9 Å². The Labute approximate surface area is 132 Å². The molecule has 1 aromatic rings. The van der Waals surface area contributed by atoms with E-state index in [9.17, 15) is 4.79 Å². The number of nitrogens with one attached hydrogen (secondary N) is 1. The summed E-state index contributed by atoms with van der Waals surface area (Å²) in [5.74, 6) is 1.38. The molecule has 1 unspecified atom stereocenters. The van der Waals surface area contributed by atoms with Crippen LogP contribution >= 0.6 is 0 Å². The molecule has 1 aliphatic heterocycles. The monoisotopic (exact) mass is 307 g/mol. The van der Waals surface area contributed by atoms with Crippen molar-refractivity contribution < 1.29 is 14.3 Å². The number of ether oxygens (including phenoxy) is 2. The van der Waals surface area contributed by atoms with Crippen molar-refractivity contribution in [3.63, 3.8) is 0 Å². The third kappa shape index (κ3) is 3.11. The number of carbonyl (C=O) groups excluding carboxylic acids is 1. The van der Waals surface area contributed by atoms with Gasteiger partial charge in [-0.15, -0.1) is 0 Å². The van der Waals surface area contributed by atoms with Crippen molar-refractivity contribution in [2.24, 2.45) is 0 Å². The molecule has 22 heavy (non-hydrogen) atoms. The van der Waals surface area contributed by atoms with Crippen LogP contribution < -0.4 is 19.7 Å². The van der Waals surface area contributed by atoms with Crippen LogP contribution in [0.25, 0.3) is 0 Å². The van der Waals surface area contributed by atoms with Crippen LogP contribution in [-0.4, -0.2) is 58.3 Å². The Morgan fingerprint density at radius 3 is 2.41 bits per heavy atom. The lowest BCUT2D eigenvalue weighted by atomic mass is 10.1. The first kappa shape index (κ1) is 16.4. The van der Waals surface area contributed by atoms with Crippen LogP contribution in [0.5, 0.6) is 11.5 Å². The minimum absolute atomic E-state index is 0.101. The summed E-state index contributed by atoms with van der Waals surface area (Å²) in [4.78, 5) is 16.6. The summed E-state index contributed by atoms with van der Waals surface area (Å²) in [7, 11) is 7.21. The fourth-order valence-corrected chi connectivity index (χ4v) is 2.57. The second kappa shape index (κ2) is 6.87. The van der Waals surface area contributed by atoms with Gasteiger partial charge in [-0.3, -0.25) is 4.79 Å². The zero-order chi connectivity index (χ0) is 16.3. The highest BCUT2D eigenvalue weighted by Gasteiger charge is 2.32. The number of amides is 1. The van der Waals surface area contributed by atoms with Gasteiger partial charge in [0.25, 0.3) is 0 Å². The first-order valence-corrected chi connectivity index (χ1v) is 7.50. The molecule has 1 N–H and O–H groups in total. The fraction of sp³-hybridized carbons (Fsp3) is 0.562. The molecule has 1 aliphatic rings. The number of rotatable bonds is 6. The average molecular weight is 307 g/mol. The molecule has 0 radical (unpaired) electrons. The van der Waals surface area contributed by atoms with Crippen LogP contribution in [-0.2, 0) is 4.79 Å².